The molecule has 6 nitrogen and oxygen atoms in total. The average Bonchev–Trinajstić information content (AvgIpc) is 2.77. The molecule has 1 amide bonds. The van der Waals surface area contributed by atoms with Gasteiger partial charge in [0, 0.05) is 11.6 Å². The minimum Gasteiger partial charge on any atom is -0.452 e. The lowest BCUT2D eigenvalue weighted by atomic mass is 10.0. The maximum Gasteiger partial charge on any atom is 0.331 e. The summed E-state index contributed by atoms with van der Waals surface area (Å²) in [5, 5.41) is 2.57. The highest BCUT2D eigenvalue weighted by Gasteiger charge is 2.39. The number of hydrogen-bond donors (Lipinski definition) is 1. The topological polar surface area (TPSA) is 89.5 Å². The molecule has 1 aliphatic rings. The predicted molar refractivity (Wildman–Crippen MR) is 86.2 cm³/mol. The molecule has 1 aliphatic heterocycles. The summed E-state index contributed by atoms with van der Waals surface area (Å²) in [6.45, 7) is 1.10. The zero-order valence-electron chi connectivity index (χ0n) is 13.1. The fraction of sp³-hybridized carbons (Fsp3) is 0.375. The monoisotopic (exact) mass is 355 g/mol. The number of amides is 1. The molecular formula is C16H18FNO5S. The van der Waals surface area contributed by atoms with E-state index in [0.29, 0.717) is 6.42 Å². The number of rotatable bonds is 5. The van der Waals surface area contributed by atoms with Gasteiger partial charge in [0.1, 0.15) is 5.82 Å². The number of carbonyl (C=O) groups excluding carboxylic acids is 2. The van der Waals surface area contributed by atoms with E-state index in [0.717, 1.165) is 6.08 Å². The lowest BCUT2D eigenvalue weighted by Gasteiger charge is -2.23. The highest BCUT2D eigenvalue weighted by atomic mass is 32.2. The van der Waals surface area contributed by atoms with Gasteiger partial charge >= 0.3 is 5.97 Å². The molecule has 130 valence electrons. The normalized spacial score (nSPS) is 22.4. The lowest BCUT2D eigenvalue weighted by molar-refractivity contribution is -0.144. The number of esters is 1. The van der Waals surface area contributed by atoms with Crippen LogP contribution in [0, 0.1) is 5.82 Å². The van der Waals surface area contributed by atoms with Gasteiger partial charge in [-0.25, -0.2) is 17.6 Å². The van der Waals surface area contributed by atoms with E-state index >= 15 is 0 Å². The highest BCUT2D eigenvalue weighted by Crippen LogP contribution is 2.22. The molecule has 1 atom stereocenters. The first kappa shape index (κ1) is 18.1. The van der Waals surface area contributed by atoms with Crippen molar-refractivity contribution in [2.75, 3.05) is 18.1 Å². The van der Waals surface area contributed by atoms with Gasteiger partial charge in [0.15, 0.2) is 16.4 Å². The van der Waals surface area contributed by atoms with Crippen molar-refractivity contribution in [2.45, 2.75) is 18.9 Å². The van der Waals surface area contributed by atoms with Crippen molar-refractivity contribution in [2.24, 2.45) is 0 Å². The molecule has 1 fully saturated rings. The van der Waals surface area contributed by atoms with Gasteiger partial charge in [-0.2, -0.15) is 0 Å². The third kappa shape index (κ3) is 5.16. The second-order valence-electron chi connectivity index (χ2n) is 5.91. The Bertz CT molecular complexity index is 774. The van der Waals surface area contributed by atoms with Crippen molar-refractivity contribution in [1.82, 2.24) is 5.32 Å². The number of sulfone groups is 1. The summed E-state index contributed by atoms with van der Waals surface area (Å²) in [6, 6.07) is 5.90. The molecule has 2 rings (SSSR count). The van der Waals surface area contributed by atoms with E-state index in [4.69, 9.17) is 4.74 Å². The first-order valence-corrected chi connectivity index (χ1v) is 9.12. The van der Waals surface area contributed by atoms with Crippen LogP contribution in [-0.2, 0) is 24.2 Å². The Balaban J connectivity index is 1.82. The predicted octanol–water partition coefficient (Wildman–Crippen LogP) is 1.08. The molecule has 0 unspecified atom stereocenters. The zero-order valence-corrected chi connectivity index (χ0v) is 13.9. The van der Waals surface area contributed by atoms with E-state index in [-0.39, 0.29) is 17.1 Å². The van der Waals surface area contributed by atoms with E-state index in [9.17, 15) is 22.4 Å². The Kier molecular flexibility index (Phi) is 5.38. The zero-order chi connectivity index (χ0) is 17.8. The molecular weight excluding hydrogens is 337 g/mol. The van der Waals surface area contributed by atoms with Gasteiger partial charge in [-0.3, -0.25) is 4.79 Å². The summed E-state index contributed by atoms with van der Waals surface area (Å²) in [5.74, 6) is -1.96. The van der Waals surface area contributed by atoms with E-state index in [1.165, 1.54) is 24.3 Å². The van der Waals surface area contributed by atoms with Crippen molar-refractivity contribution in [3.63, 3.8) is 0 Å². The standard InChI is InChI=1S/C16H18FNO5S/c1-16(8-9-24(21,22)11-16)18-14(19)10-23-15(20)7-6-12-4-2-3-5-13(12)17/h2-7H,8-11H2,1H3,(H,18,19)/b7-6+/t16-/m0/s1. The van der Waals surface area contributed by atoms with E-state index in [2.05, 4.69) is 5.32 Å². The van der Waals surface area contributed by atoms with Gasteiger partial charge in [-0.1, -0.05) is 18.2 Å². The summed E-state index contributed by atoms with van der Waals surface area (Å²) in [5.41, 5.74) is -0.617. The maximum absolute atomic E-state index is 13.4. The Hall–Kier alpha value is -2.22. The van der Waals surface area contributed by atoms with Crippen LogP contribution in [0.3, 0.4) is 0 Å². The van der Waals surface area contributed by atoms with Crippen LogP contribution in [0.1, 0.15) is 18.9 Å². The number of ether oxygens (including phenoxy) is 1. The van der Waals surface area contributed by atoms with Crippen LogP contribution >= 0.6 is 0 Å². The van der Waals surface area contributed by atoms with Gasteiger partial charge in [0.05, 0.1) is 17.0 Å². The molecule has 8 heteroatoms. The van der Waals surface area contributed by atoms with Crippen molar-refractivity contribution in [1.29, 1.82) is 0 Å². The van der Waals surface area contributed by atoms with Crippen LogP contribution < -0.4 is 5.32 Å². The third-order valence-electron chi connectivity index (χ3n) is 3.59. The second kappa shape index (κ2) is 7.12. The first-order chi connectivity index (χ1) is 11.2. The molecule has 1 N–H and O–H groups in total. The largest absolute Gasteiger partial charge is 0.452 e. The Morgan fingerprint density at radius 3 is 2.71 bits per heavy atom. The van der Waals surface area contributed by atoms with Crippen molar-refractivity contribution in [3.05, 3.63) is 41.7 Å². The Labute approximate surface area is 139 Å². The minimum atomic E-state index is -3.14. The number of benzene rings is 1. The number of halogens is 1. The van der Waals surface area contributed by atoms with Crippen molar-refractivity contribution < 1.29 is 27.1 Å². The molecule has 0 aliphatic carbocycles. The SMILES string of the molecule is C[C@]1(NC(=O)COC(=O)/C=C/c2ccccc2F)CCS(=O)(=O)C1. The molecule has 24 heavy (non-hydrogen) atoms. The van der Waals surface area contributed by atoms with Crippen LogP contribution in [0.15, 0.2) is 30.3 Å². The smallest absolute Gasteiger partial charge is 0.331 e. The van der Waals surface area contributed by atoms with E-state index < -0.39 is 39.7 Å². The summed E-state index contributed by atoms with van der Waals surface area (Å²) < 4.78 is 41.1. The third-order valence-corrected chi connectivity index (χ3v) is 5.50. The molecule has 0 radical (unpaired) electrons. The van der Waals surface area contributed by atoms with Crippen LogP contribution in [0.2, 0.25) is 0 Å². The fourth-order valence-corrected chi connectivity index (χ4v) is 4.53. The Morgan fingerprint density at radius 2 is 2.08 bits per heavy atom. The summed E-state index contributed by atoms with van der Waals surface area (Å²) in [4.78, 5) is 23.3. The van der Waals surface area contributed by atoms with E-state index in [1.54, 1.807) is 13.0 Å². The van der Waals surface area contributed by atoms with Gasteiger partial charge in [-0.05, 0) is 25.5 Å². The van der Waals surface area contributed by atoms with Crippen LogP contribution in [0.25, 0.3) is 6.08 Å². The summed E-state index contributed by atoms with van der Waals surface area (Å²) in [7, 11) is -3.14. The molecule has 1 aromatic rings. The fourth-order valence-electron chi connectivity index (χ4n) is 2.43. The summed E-state index contributed by atoms with van der Waals surface area (Å²) >= 11 is 0. The average molecular weight is 355 g/mol. The van der Waals surface area contributed by atoms with Gasteiger partial charge < -0.3 is 10.1 Å². The van der Waals surface area contributed by atoms with Crippen LogP contribution in [0.4, 0.5) is 4.39 Å². The quantitative estimate of drug-likeness (QED) is 0.630. The summed E-state index contributed by atoms with van der Waals surface area (Å²) in [6.07, 6.45) is 2.59. The van der Waals surface area contributed by atoms with E-state index in [1.807, 2.05) is 0 Å². The second-order valence-corrected chi connectivity index (χ2v) is 8.10. The lowest BCUT2D eigenvalue weighted by Crippen LogP contribution is -2.48. The highest BCUT2D eigenvalue weighted by molar-refractivity contribution is 7.91. The molecule has 1 saturated heterocycles. The van der Waals surface area contributed by atoms with Crippen LogP contribution in [-0.4, -0.2) is 43.9 Å². The molecule has 0 spiro atoms. The number of carbonyl (C=O) groups is 2. The number of hydrogen-bond acceptors (Lipinski definition) is 5. The number of nitrogens with one attached hydrogen (secondary N) is 1. The van der Waals surface area contributed by atoms with Gasteiger partial charge in [-0.15, -0.1) is 0 Å². The van der Waals surface area contributed by atoms with Gasteiger partial charge in [0.2, 0.25) is 0 Å². The molecule has 0 bridgehead atoms. The van der Waals surface area contributed by atoms with Gasteiger partial charge in [0.25, 0.3) is 5.91 Å². The molecule has 0 saturated carbocycles. The Morgan fingerprint density at radius 1 is 1.38 bits per heavy atom. The maximum atomic E-state index is 13.4. The van der Waals surface area contributed by atoms with Crippen molar-refractivity contribution in [3.8, 4) is 0 Å². The van der Waals surface area contributed by atoms with Crippen molar-refractivity contribution >= 4 is 27.8 Å². The molecule has 1 heterocycles. The first-order valence-electron chi connectivity index (χ1n) is 7.30. The molecule has 0 aromatic heterocycles. The minimum absolute atomic E-state index is 0.0228. The van der Waals surface area contributed by atoms with Crippen LogP contribution in [0.5, 0.6) is 0 Å². The molecule has 1 aromatic carbocycles.